The van der Waals surface area contributed by atoms with E-state index in [9.17, 15) is 9.59 Å². The van der Waals surface area contributed by atoms with Crippen LogP contribution in [0.15, 0.2) is 84.9 Å². The van der Waals surface area contributed by atoms with E-state index in [4.69, 9.17) is 9.47 Å². The molecular weight excluding hydrogens is 440 g/mol. The van der Waals surface area contributed by atoms with Crippen molar-refractivity contribution in [2.45, 2.75) is 13.3 Å². The number of hydrogen-bond donors (Lipinski definition) is 2. The molecule has 0 spiro atoms. The number of methoxy groups -OCH3 is 1. The summed E-state index contributed by atoms with van der Waals surface area (Å²) in [5.41, 5.74) is 3.16. The van der Waals surface area contributed by atoms with Crippen molar-refractivity contribution in [2.24, 2.45) is 0 Å². The molecule has 0 saturated heterocycles. The standard InChI is InChI=1S/C29H28N2O4/c1-20-7-3-6-10-26(20)31-29(33)25-17-22-8-4-5-9-23(22)18-27(25)35-19-28(32)30-16-15-21-11-13-24(34-2)14-12-21/h3-14,17-18H,15-16,19H2,1-2H3,(H,30,32)(H,31,33). The van der Waals surface area contributed by atoms with Crippen molar-refractivity contribution in [1.82, 2.24) is 5.32 Å². The topological polar surface area (TPSA) is 76.7 Å². The molecule has 4 rings (SSSR count). The Morgan fingerprint density at radius 3 is 2.26 bits per heavy atom. The van der Waals surface area contributed by atoms with Crippen LogP contribution in [0.1, 0.15) is 21.5 Å². The van der Waals surface area contributed by atoms with E-state index >= 15 is 0 Å². The van der Waals surface area contributed by atoms with Crippen molar-refractivity contribution in [1.29, 1.82) is 0 Å². The zero-order chi connectivity index (χ0) is 24.6. The van der Waals surface area contributed by atoms with Gasteiger partial charge in [0.25, 0.3) is 11.8 Å². The third-order valence-electron chi connectivity index (χ3n) is 5.74. The van der Waals surface area contributed by atoms with E-state index in [2.05, 4.69) is 10.6 Å². The van der Waals surface area contributed by atoms with Crippen molar-refractivity contribution in [3.05, 3.63) is 102 Å². The van der Waals surface area contributed by atoms with Gasteiger partial charge in [-0.3, -0.25) is 9.59 Å². The smallest absolute Gasteiger partial charge is 0.259 e. The highest BCUT2D eigenvalue weighted by Gasteiger charge is 2.16. The number of para-hydroxylation sites is 1. The molecule has 0 unspecified atom stereocenters. The number of rotatable bonds is 9. The van der Waals surface area contributed by atoms with Gasteiger partial charge in [-0.25, -0.2) is 0 Å². The molecule has 0 heterocycles. The number of carbonyl (C=O) groups is 2. The number of anilines is 1. The van der Waals surface area contributed by atoms with Gasteiger partial charge >= 0.3 is 0 Å². The SMILES string of the molecule is COc1ccc(CCNC(=O)COc2cc3ccccc3cc2C(=O)Nc2ccccc2C)cc1. The summed E-state index contributed by atoms with van der Waals surface area (Å²) >= 11 is 0. The molecule has 0 bridgehead atoms. The molecule has 0 saturated carbocycles. The molecule has 4 aromatic carbocycles. The molecule has 0 aliphatic heterocycles. The van der Waals surface area contributed by atoms with Crippen LogP contribution in [-0.2, 0) is 11.2 Å². The summed E-state index contributed by atoms with van der Waals surface area (Å²) in [6, 6.07) is 26.6. The van der Waals surface area contributed by atoms with Crippen LogP contribution in [0, 0.1) is 6.92 Å². The summed E-state index contributed by atoms with van der Waals surface area (Å²) in [5.74, 6) is 0.612. The summed E-state index contributed by atoms with van der Waals surface area (Å²) in [6.45, 7) is 2.22. The Hall–Kier alpha value is -4.32. The molecule has 35 heavy (non-hydrogen) atoms. The third-order valence-corrected chi connectivity index (χ3v) is 5.74. The average Bonchev–Trinajstić information content (AvgIpc) is 2.88. The number of benzene rings is 4. The van der Waals surface area contributed by atoms with Crippen LogP contribution in [0.5, 0.6) is 11.5 Å². The van der Waals surface area contributed by atoms with Crippen LogP contribution in [0.25, 0.3) is 10.8 Å². The molecule has 0 fully saturated rings. The fourth-order valence-corrected chi connectivity index (χ4v) is 3.75. The Morgan fingerprint density at radius 1 is 0.857 bits per heavy atom. The quantitative estimate of drug-likeness (QED) is 0.356. The van der Waals surface area contributed by atoms with Crippen molar-refractivity contribution < 1.29 is 19.1 Å². The van der Waals surface area contributed by atoms with Gasteiger partial charge in [-0.2, -0.15) is 0 Å². The Kier molecular flexibility index (Phi) is 7.63. The Balaban J connectivity index is 1.42. The molecule has 6 heteroatoms. The maximum absolute atomic E-state index is 13.1. The van der Waals surface area contributed by atoms with E-state index < -0.39 is 0 Å². The summed E-state index contributed by atoms with van der Waals surface area (Å²) in [7, 11) is 1.63. The third kappa shape index (κ3) is 6.18. The molecule has 0 aliphatic carbocycles. The Morgan fingerprint density at radius 2 is 1.54 bits per heavy atom. The largest absolute Gasteiger partial charge is 0.497 e. The van der Waals surface area contributed by atoms with E-state index in [0.29, 0.717) is 24.3 Å². The number of amides is 2. The van der Waals surface area contributed by atoms with Gasteiger partial charge in [-0.1, -0.05) is 54.6 Å². The first-order valence-electron chi connectivity index (χ1n) is 11.5. The first-order chi connectivity index (χ1) is 17.0. The lowest BCUT2D eigenvalue weighted by molar-refractivity contribution is -0.123. The summed E-state index contributed by atoms with van der Waals surface area (Å²) in [5, 5.41) is 7.66. The molecular formula is C29H28N2O4. The summed E-state index contributed by atoms with van der Waals surface area (Å²) < 4.78 is 11.0. The fraction of sp³-hybridized carbons (Fsp3) is 0.172. The minimum absolute atomic E-state index is 0.189. The monoisotopic (exact) mass is 468 g/mol. The summed E-state index contributed by atoms with van der Waals surface area (Å²) in [6.07, 6.45) is 0.690. The summed E-state index contributed by atoms with van der Waals surface area (Å²) in [4.78, 5) is 25.6. The van der Waals surface area contributed by atoms with E-state index in [0.717, 1.165) is 33.3 Å². The van der Waals surface area contributed by atoms with Crippen LogP contribution in [0.3, 0.4) is 0 Å². The number of ether oxygens (including phenoxy) is 2. The van der Waals surface area contributed by atoms with E-state index in [1.807, 2.05) is 79.7 Å². The van der Waals surface area contributed by atoms with Crippen LogP contribution in [0.4, 0.5) is 5.69 Å². The molecule has 0 aliphatic rings. The normalized spacial score (nSPS) is 10.6. The number of carbonyl (C=O) groups excluding carboxylic acids is 2. The molecule has 2 N–H and O–H groups in total. The molecule has 178 valence electrons. The van der Waals surface area contributed by atoms with Gasteiger partial charge in [0.05, 0.1) is 12.7 Å². The molecule has 0 radical (unpaired) electrons. The van der Waals surface area contributed by atoms with E-state index in [1.165, 1.54) is 0 Å². The van der Waals surface area contributed by atoms with Gasteiger partial charge in [0.15, 0.2) is 6.61 Å². The van der Waals surface area contributed by atoms with Crippen LogP contribution >= 0.6 is 0 Å². The molecule has 6 nitrogen and oxygen atoms in total. The predicted octanol–water partition coefficient (Wildman–Crippen LogP) is 5.15. The minimum atomic E-state index is -0.292. The second-order valence-electron chi connectivity index (χ2n) is 8.20. The van der Waals surface area contributed by atoms with E-state index in [-0.39, 0.29) is 18.4 Å². The number of fused-ring (bicyclic) bond motifs is 1. The second-order valence-corrected chi connectivity index (χ2v) is 8.20. The van der Waals surface area contributed by atoms with Gasteiger partial charge in [-0.05, 0) is 65.6 Å². The lowest BCUT2D eigenvalue weighted by Crippen LogP contribution is -2.31. The average molecular weight is 469 g/mol. The zero-order valence-electron chi connectivity index (χ0n) is 19.8. The molecule has 4 aromatic rings. The maximum Gasteiger partial charge on any atom is 0.259 e. The first-order valence-corrected chi connectivity index (χ1v) is 11.5. The van der Waals surface area contributed by atoms with Crippen LogP contribution in [0.2, 0.25) is 0 Å². The van der Waals surface area contributed by atoms with Crippen molar-refractivity contribution >= 4 is 28.3 Å². The molecule has 0 aromatic heterocycles. The second kappa shape index (κ2) is 11.2. The fourth-order valence-electron chi connectivity index (χ4n) is 3.75. The van der Waals surface area contributed by atoms with Gasteiger partial charge in [0.1, 0.15) is 11.5 Å². The maximum atomic E-state index is 13.1. The van der Waals surface area contributed by atoms with Crippen molar-refractivity contribution in [3.63, 3.8) is 0 Å². The number of aryl methyl sites for hydroxylation is 1. The van der Waals surface area contributed by atoms with Crippen molar-refractivity contribution in [3.8, 4) is 11.5 Å². The highest BCUT2D eigenvalue weighted by molar-refractivity contribution is 6.09. The highest BCUT2D eigenvalue weighted by Crippen LogP contribution is 2.27. The van der Waals surface area contributed by atoms with Gasteiger partial charge in [0, 0.05) is 12.2 Å². The molecule has 0 atom stereocenters. The van der Waals surface area contributed by atoms with Crippen molar-refractivity contribution in [2.75, 3.05) is 25.6 Å². The van der Waals surface area contributed by atoms with Gasteiger partial charge in [-0.15, -0.1) is 0 Å². The number of nitrogens with one attached hydrogen (secondary N) is 2. The zero-order valence-corrected chi connectivity index (χ0v) is 19.8. The molecule has 2 amide bonds. The minimum Gasteiger partial charge on any atom is -0.497 e. The highest BCUT2D eigenvalue weighted by atomic mass is 16.5. The lowest BCUT2D eigenvalue weighted by atomic mass is 10.0. The van der Waals surface area contributed by atoms with Crippen LogP contribution in [-0.4, -0.2) is 32.1 Å². The predicted molar refractivity (Wildman–Crippen MR) is 138 cm³/mol. The number of hydrogen-bond acceptors (Lipinski definition) is 4. The lowest BCUT2D eigenvalue weighted by Gasteiger charge is -2.14. The van der Waals surface area contributed by atoms with Crippen LogP contribution < -0.4 is 20.1 Å². The Labute approximate surface area is 204 Å². The van der Waals surface area contributed by atoms with E-state index in [1.54, 1.807) is 19.2 Å². The van der Waals surface area contributed by atoms with Gasteiger partial charge < -0.3 is 20.1 Å². The first kappa shape index (κ1) is 23.8. The van der Waals surface area contributed by atoms with Gasteiger partial charge in [0.2, 0.25) is 0 Å². The Bertz CT molecular complexity index is 1330.